The molecule has 24 heavy (non-hydrogen) atoms. The highest BCUT2D eigenvalue weighted by Crippen LogP contribution is 2.19. The van der Waals surface area contributed by atoms with Crippen LogP contribution in [-0.4, -0.2) is 32.2 Å². The number of carbonyl (C=O) groups is 1. The highest BCUT2D eigenvalue weighted by molar-refractivity contribution is 6.30. The van der Waals surface area contributed by atoms with E-state index in [0.717, 1.165) is 43.2 Å². The predicted molar refractivity (Wildman–Crippen MR) is 98.6 cm³/mol. The number of carbonyl (C=O) groups excluding carboxylic acids is 1. The smallest absolute Gasteiger partial charge is 0.248 e. The molecule has 0 unspecified atom stereocenters. The van der Waals surface area contributed by atoms with Crippen molar-refractivity contribution in [3.8, 4) is 0 Å². The highest BCUT2D eigenvalue weighted by atomic mass is 35.5. The summed E-state index contributed by atoms with van der Waals surface area (Å²) in [6.07, 6.45) is 3.27. The third kappa shape index (κ3) is 4.60. The summed E-state index contributed by atoms with van der Waals surface area (Å²) in [6.45, 7) is 3.31. The number of benzene rings is 2. The summed E-state index contributed by atoms with van der Waals surface area (Å²) >= 11 is 5.84. The van der Waals surface area contributed by atoms with Gasteiger partial charge in [0, 0.05) is 35.6 Å². The molecular formula is C19H19ClN2O2. The Balaban J connectivity index is 1.57. The van der Waals surface area contributed by atoms with Gasteiger partial charge in [-0.25, -0.2) is 0 Å². The molecule has 0 atom stereocenters. The van der Waals surface area contributed by atoms with Crippen molar-refractivity contribution in [3.63, 3.8) is 0 Å². The van der Waals surface area contributed by atoms with Crippen LogP contribution < -0.4 is 10.2 Å². The molecule has 1 amide bonds. The molecule has 1 fully saturated rings. The third-order valence-corrected chi connectivity index (χ3v) is 4.06. The van der Waals surface area contributed by atoms with Crippen molar-refractivity contribution in [2.45, 2.75) is 0 Å². The Bertz CT molecular complexity index is 705. The van der Waals surface area contributed by atoms with E-state index in [1.54, 1.807) is 18.2 Å². The number of nitrogens with zero attached hydrogens (tertiary/aromatic N) is 1. The van der Waals surface area contributed by atoms with Gasteiger partial charge in [-0.1, -0.05) is 23.7 Å². The van der Waals surface area contributed by atoms with Gasteiger partial charge in [-0.2, -0.15) is 0 Å². The zero-order chi connectivity index (χ0) is 16.8. The van der Waals surface area contributed by atoms with Crippen LogP contribution in [0.2, 0.25) is 5.02 Å². The van der Waals surface area contributed by atoms with Crippen molar-refractivity contribution in [1.29, 1.82) is 0 Å². The number of rotatable bonds is 4. The topological polar surface area (TPSA) is 41.6 Å². The lowest BCUT2D eigenvalue weighted by Crippen LogP contribution is -2.36. The largest absolute Gasteiger partial charge is 0.378 e. The van der Waals surface area contributed by atoms with E-state index in [0.29, 0.717) is 5.02 Å². The third-order valence-electron chi connectivity index (χ3n) is 3.81. The summed E-state index contributed by atoms with van der Waals surface area (Å²) in [6, 6.07) is 15.2. The summed E-state index contributed by atoms with van der Waals surface area (Å²) < 4.78 is 5.35. The van der Waals surface area contributed by atoms with E-state index in [1.165, 1.54) is 6.08 Å². The molecule has 1 N–H and O–H groups in total. The molecule has 1 saturated heterocycles. The maximum atomic E-state index is 12.0. The summed E-state index contributed by atoms with van der Waals surface area (Å²) in [4.78, 5) is 14.3. The monoisotopic (exact) mass is 342 g/mol. The fourth-order valence-corrected chi connectivity index (χ4v) is 2.63. The molecule has 1 aliphatic rings. The second-order valence-corrected chi connectivity index (χ2v) is 5.96. The van der Waals surface area contributed by atoms with Crippen molar-refractivity contribution in [1.82, 2.24) is 0 Å². The molecule has 0 bridgehead atoms. The average molecular weight is 343 g/mol. The second kappa shape index (κ2) is 7.99. The minimum absolute atomic E-state index is 0.163. The zero-order valence-electron chi connectivity index (χ0n) is 13.2. The van der Waals surface area contributed by atoms with Gasteiger partial charge in [0.2, 0.25) is 5.91 Å². The van der Waals surface area contributed by atoms with Crippen LogP contribution >= 0.6 is 11.6 Å². The SMILES string of the molecule is O=C(/C=C/c1ccc(Cl)cc1)Nc1ccc(N2CCOCC2)cc1. The maximum Gasteiger partial charge on any atom is 0.248 e. The van der Waals surface area contributed by atoms with E-state index in [2.05, 4.69) is 10.2 Å². The average Bonchev–Trinajstić information content (AvgIpc) is 2.63. The molecule has 1 heterocycles. The van der Waals surface area contributed by atoms with E-state index < -0.39 is 0 Å². The molecule has 2 aromatic rings. The molecule has 2 aromatic carbocycles. The summed E-state index contributed by atoms with van der Waals surface area (Å²) in [5.74, 6) is -0.163. The molecule has 4 nitrogen and oxygen atoms in total. The maximum absolute atomic E-state index is 12.0. The van der Waals surface area contributed by atoms with Gasteiger partial charge in [-0.15, -0.1) is 0 Å². The predicted octanol–water partition coefficient (Wildman–Crippen LogP) is 3.83. The standard InChI is InChI=1S/C19H19ClN2O2/c20-16-4-1-15(2-5-16)3-10-19(23)21-17-6-8-18(9-7-17)22-11-13-24-14-12-22/h1-10H,11-14H2,(H,21,23)/b10-3+. The fraction of sp³-hybridized carbons (Fsp3) is 0.211. The zero-order valence-corrected chi connectivity index (χ0v) is 14.0. The Morgan fingerprint density at radius 1 is 1.04 bits per heavy atom. The minimum Gasteiger partial charge on any atom is -0.378 e. The number of ether oxygens (including phenoxy) is 1. The highest BCUT2D eigenvalue weighted by Gasteiger charge is 2.10. The Kier molecular flexibility index (Phi) is 5.51. The first kappa shape index (κ1) is 16.6. The lowest BCUT2D eigenvalue weighted by atomic mass is 10.2. The Labute approximate surface area is 146 Å². The van der Waals surface area contributed by atoms with Crippen molar-refractivity contribution in [2.24, 2.45) is 0 Å². The van der Waals surface area contributed by atoms with Gasteiger partial charge >= 0.3 is 0 Å². The Morgan fingerprint density at radius 2 is 1.71 bits per heavy atom. The van der Waals surface area contributed by atoms with Gasteiger partial charge in [0.05, 0.1) is 13.2 Å². The van der Waals surface area contributed by atoms with Gasteiger partial charge in [0.1, 0.15) is 0 Å². The lowest BCUT2D eigenvalue weighted by molar-refractivity contribution is -0.111. The molecule has 0 spiro atoms. The fourth-order valence-electron chi connectivity index (χ4n) is 2.51. The van der Waals surface area contributed by atoms with Crippen molar-refractivity contribution < 1.29 is 9.53 Å². The van der Waals surface area contributed by atoms with Crippen LogP contribution in [0.4, 0.5) is 11.4 Å². The van der Waals surface area contributed by atoms with Crippen LogP contribution in [-0.2, 0) is 9.53 Å². The first-order chi connectivity index (χ1) is 11.7. The molecule has 124 valence electrons. The quantitative estimate of drug-likeness (QED) is 0.859. The number of nitrogens with one attached hydrogen (secondary N) is 1. The van der Waals surface area contributed by atoms with Crippen LogP contribution in [0.25, 0.3) is 6.08 Å². The van der Waals surface area contributed by atoms with Crippen molar-refractivity contribution in [2.75, 3.05) is 36.5 Å². The van der Waals surface area contributed by atoms with Crippen molar-refractivity contribution >= 4 is 35.0 Å². The number of halogens is 1. The molecule has 1 aliphatic heterocycles. The van der Waals surface area contributed by atoms with Crippen molar-refractivity contribution in [3.05, 3.63) is 65.2 Å². The van der Waals surface area contributed by atoms with Crippen LogP contribution in [0.1, 0.15) is 5.56 Å². The summed E-state index contributed by atoms with van der Waals surface area (Å²) in [5, 5.41) is 3.54. The molecule has 0 aliphatic carbocycles. The molecule has 0 radical (unpaired) electrons. The lowest BCUT2D eigenvalue weighted by Gasteiger charge is -2.28. The normalized spacial score (nSPS) is 14.8. The molecule has 0 aromatic heterocycles. The van der Waals surface area contributed by atoms with Gasteiger partial charge in [-0.05, 0) is 48.0 Å². The number of hydrogen-bond donors (Lipinski definition) is 1. The van der Waals surface area contributed by atoms with Gasteiger partial charge < -0.3 is 15.0 Å². The summed E-state index contributed by atoms with van der Waals surface area (Å²) in [5.41, 5.74) is 2.85. The van der Waals surface area contributed by atoms with E-state index in [9.17, 15) is 4.79 Å². The van der Waals surface area contributed by atoms with Crippen LogP contribution in [0, 0.1) is 0 Å². The first-order valence-electron chi connectivity index (χ1n) is 7.88. The number of anilines is 2. The molecular weight excluding hydrogens is 324 g/mol. The van der Waals surface area contributed by atoms with Gasteiger partial charge in [0.15, 0.2) is 0 Å². The minimum atomic E-state index is -0.163. The van der Waals surface area contributed by atoms with Crippen LogP contribution in [0.15, 0.2) is 54.6 Å². The van der Waals surface area contributed by atoms with Gasteiger partial charge in [-0.3, -0.25) is 4.79 Å². The number of amides is 1. The van der Waals surface area contributed by atoms with Crippen LogP contribution in [0.5, 0.6) is 0 Å². The summed E-state index contributed by atoms with van der Waals surface area (Å²) in [7, 11) is 0. The van der Waals surface area contributed by atoms with E-state index in [4.69, 9.17) is 16.3 Å². The van der Waals surface area contributed by atoms with E-state index in [-0.39, 0.29) is 5.91 Å². The van der Waals surface area contributed by atoms with Gasteiger partial charge in [0.25, 0.3) is 0 Å². The van der Waals surface area contributed by atoms with E-state index >= 15 is 0 Å². The number of hydrogen-bond acceptors (Lipinski definition) is 3. The molecule has 0 saturated carbocycles. The molecule has 3 rings (SSSR count). The Hall–Kier alpha value is -2.30. The molecule has 5 heteroatoms. The van der Waals surface area contributed by atoms with Crippen LogP contribution in [0.3, 0.4) is 0 Å². The second-order valence-electron chi connectivity index (χ2n) is 5.52. The first-order valence-corrected chi connectivity index (χ1v) is 8.26. The number of morpholine rings is 1. The van der Waals surface area contributed by atoms with E-state index in [1.807, 2.05) is 36.4 Å². The Morgan fingerprint density at radius 3 is 2.38 bits per heavy atom.